The van der Waals surface area contributed by atoms with E-state index < -0.39 is 0 Å². The standard InChI is InChI=1S/C11H23N3/c1-12-5-7-14(8-6-12)4-3-11-9-13(2)10-11/h11H,3-10H2,1-2H3. The third-order valence-corrected chi connectivity index (χ3v) is 3.59. The van der Waals surface area contributed by atoms with Crippen LogP contribution in [0.4, 0.5) is 0 Å². The maximum Gasteiger partial charge on any atom is 0.0110 e. The van der Waals surface area contributed by atoms with E-state index in [1.807, 2.05) is 0 Å². The lowest BCUT2D eigenvalue weighted by Gasteiger charge is -2.38. The van der Waals surface area contributed by atoms with Gasteiger partial charge in [-0.05, 0) is 33.0 Å². The van der Waals surface area contributed by atoms with Crippen LogP contribution in [0.3, 0.4) is 0 Å². The monoisotopic (exact) mass is 197 g/mol. The average molecular weight is 197 g/mol. The second-order valence-electron chi connectivity index (χ2n) is 5.02. The number of rotatable bonds is 3. The summed E-state index contributed by atoms with van der Waals surface area (Å²) in [5.74, 6) is 0.986. The van der Waals surface area contributed by atoms with Crippen molar-refractivity contribution in [3.8, 4) is 0 Å². The lowest BCUT2D eigenvalue weighted by Crippen LogP contribution is -2.48. The van der Waals surface area contributed by atoms with Gasteiger partial charge in [0.25, 0.3) is 0 Å². The Morgan fingerprint density at radius 2 is 1.57 bits per heavy atom. The van der Waals surface area contributed by atoms with Crippen molar-refractivity contribution in [2.75, 3.05) is 59.9 Å². The van der Waals surface area contributed by atoms with Crippen LogP contribution in [0.25, 0.3) is 0 Å². The van der Waals surface area contributed by atoms with Crippen LogP contribution in [0, 0.1) is 5.92 Å². The van der Waals surface area contributed by atoms with Crippen LogP contribution in [0.1, 0.15) is 6.42 Å². The van der Waals surface area contributed by atoms with Crippen molar-refractivity contribution < 1.29 is 0 Å². The number of hydrogen-bond donors (Lipinski definition) is 0. The molecule has 82 valence electrons. The van der Waals surface area contributed by atoms with E-state index in [1.54, 1.807) is 0 Å². The first-order chi connectivity index (χ1) is 6.74. The molecule has 2 aliphatic rings. The lowest BCUT2D eigenvalue weighted by atomic mass is 9.97. The van der Waals surface area contributed by atoms with Crippen LogP contribution in [0.5, 0.6) is 0 Å². The zero-order chi connectivity index (χ0) is 9.97. The minimum atomic E-state index is 0.986. The molecule has 2 heterocycles. The number of likely N-dealkylation sites (N-methyl/N-ethyl adjacent to an activating group) is 1. The van der Waals surface area contributed by atoms with E-state index in [2.05, 4.69) is 28.8 Å². The molecule has 2 fully saturated rings. The first-order valence-electron chi connectivity index (χ1n) is 5.83. The fraction of sp³-hybridized carbons (Fsp3) is 1.00. The summed E-state index contributed by atoms with van der Waals surface area (Å²) in [6, 6.07) is 0. The van der Waals surface area contributed by atoms with Gasteiger partial charge in [-0.2, -0.15) is 0 Å². The van der Waals surface area contributed by atoms with Crippen molar-refractivity contribution >= 4 is 0 Å². The number of hydrogen-bond acceptors (Lipinski definition) is 3. The highest BCUT2D eigenvalue weighted by Crippen LogP contribution is 2.17. The molecule has 0 amide bonds. The molecule has 0 atom stereocenters. The van der Waals surface area contributed by atoms with Crippen LogP contribution in [-0.4, -0.2) is 74.6 Å². The maximum absolute atomic E-state index is 2.62. The number of nitrogens with zero attached hydrogens (tertiary/aromatic N) is 3. The predicted molar refractivity (Wildman–Crippen MR) is 59.5 cm³/mol. The van der Waals surface area contributed by atoms with Gasteiger partial charge in [-0.1, -0.05) is 0 Å². The number of piperazine rings is 1. The normalized spacial score (nSPS) is 27.9. The Kier molecular flexibility index (Phi) is 3.42. The molecule has 0 unspecified atom stereocenters. The highest BCUT2D eigenvalue weighted by atomic mass is 15.2. The third kappa shape index (κ3) is 2.69. The second-order valence-corrected chi connectivity index (χ2v) is 5.02. The van der Waals surface area contributed by atoms with E-state index >= 15 is 0 Å². The molecule has 0 aromatic carbocycles. The Balaban J connectivity index is 1.57. The smallest absolute Gasteiger partial charge is 0.0110 e. The SMILES string of the molecule is CN1CCN(CCC2CN(C)C2)CC1. The van der Waals surface area contributed by atoms with Gasteiger partial charge >= 0.3 is 0 Å². The van der Waals surface area contributed by atoms with Gasteiger partial charge in [-0.3, -0.25) is 0 Å². The Morgan fingerprint density at radius 1 is 0.929 bits per heavy atom. The van der Waals surface area contributed by atoms with Crippen molar-refractivity contribution in [3.63, 3.8) is 0 Å². The van der Waals surface area contributed by atoms with Crippen LogP contribution < -0.4 is 0 Å². The molecule has 0 spiro atoms. The summed E-state index contributed by atoms with van der Waals surface area (Å²) in [5.41, 5.74) is 0. The Bertz CT molecular complexity index is 169. The molecule has 0 radical (unpaired) electrons. The fourth-order valence-electron chi connectivity index (χ4n) is 2.45. The zero-order valence-electron chi connectivity index (χ0n) is 9.58. The quantitative estimate of drug-likeness (QED) is 0.639. The van der Waals surface area contributed by atoms with Gasteiger partial charge in [0, 0.05) is 39.3 Å². The van der Waals surface area contributed by atoms with Crippen LogP contribution in [0.2, 0.25) is 0 Å². The highest BCUT2D eigenvalue weighted by Gasteiger charge is 2.23. The summed E-state index contributed by atoms with van der Waals surface area (Å²) in [4.78, 5) is 7.46. The molecule has 0 bridgehead atoms. The predicted octanol–water partition coefficient (Wildman–Crippen LogP) is 0.186. The summed E-state index contributed by atoms with van der Waals surface area (Å²) in [5, 5.41) is 0. The molecule has 0 aliphatic carbocycles. The van der Waals surface area contributed by atoms with Gasteiger partial charge in [0.15, 0.2) is 0 Å². The Morgan fingerprint density at radius 3 is 2.14 bits per heavy atom. The van der Waals surface area contributed by atoms with E-state index in [9.17, 15) is 0 Å². The van der Waals surface area contributed by atoms with Gasteiger partial charge in [0.05, 0.1) is 0 Å². The van der Waals surface area contributed by atoms with Gasteiger partial charge < -0.3 is 14.7 Å². The summed E-state index contributed by atoms with van der Waals surface area (Å²) in [6.45, 7) is 9.04. The second kappa shape index (κ2) is 4.60. The van der Waals surface area contributed by atoms with Crippen LogP contribution >= 0.6 is 0 Å². The van der Waals surface area contributed by atoms with Crippen molar-refractivity contribution in [1.29, 1.82) is 0 Å². The van der Waals surface area contributed by atoms with Crippen LogP contribution in [0.15, 0.2) is 0 Å². The lowest BCUT2D eigenvalue weighted by molar-refractivity contribution is 0.0965. The van der Waals surface area contributed by atoms with Gasteiger partial charge in [0.2, 0.25) is 0 Å². The summed E-state index contributed by atoms with van der Waals surface area (Å²) >= 11 is 0. The molecule has 2 aliphatic heterocycles. The first kappa shape index (κ1) is 10.4. The van der Waals surface area contributed by atoms with Crippen LogP contribution in [-0.2, 0) is 0 Å². The zero-order valence-corrected chi connectivity index (χ0v) is 9.58. The van der Waals surface area contributed by atoms with Gasteiger partial charge in [-0.25, -0.2) is 0 Å². The molecule has 3 nitrogen and oxygen atoms in total. The Hall–Kier alpha value is -0.120. The van der Waals surface area contributed by atoms with E-state index in [1.165, 1.54) is 52.2 Å². The summed E-state index contributed by atoms with van der Waals surface area (Å²) in [7, 11) is 4.44. The minimum absolute atomic E-state index is 0.986. The van der Waals surface area contributed by atoms with Crippen molar-refractivity contribution in [2.45, 2.75) is 6.42 Å². The minimum Gasteiger partial charge on any atom is -0.306 e. The van der Waals surface area contributed by atoms with Crippen molar-refractivity contribution in [1.82, 2.24) is 14.7 Å². The van der Waals surface area contributed by atoms with Crippen molar-refractivity contribution in [2.24, 2.45) is 5.92 Å². The maximum atomic E-state index is 2.62. The molecule has 2 saturated heterocycles. The molecule has 2 rings (SSSR count). The molecule has 0 N–H and O–H groups in total. The summed E-state index contributed by atoms with van der Waals surface area (Å²) in [6.07, 6.45) is 1.41. The summed E-state index contributed by atoms with van der Waals surface area (Å²) < 4.78 is 0. The third-order valence-electron chi connectivity index (χ3n) is 3.59. The van der Waals surface area contributed by atoms with Gasteiger partial charge in [-0.15, -0.1) is 0 Å². The fourth-order valence-corrected chi connectivity index (χ4v) is 2.45. The Labute approximate surface area is 87.7 Å². The number of likely N-dealkylation sites (tertiary alicyclic amines) is 1. The van der Waals surface area contributed by atoms with E-state index in [0.29, 0.717) is 0 Å². The first-order valence-corrected chi connectivity index (χ1v) is 5.83. The highest BCUT2D eigenvalue weighted by molar-refractivity contribution is 4.78. The molecular formula is C11H23N3. The van der Waals surface area contributed by atoms with E-state index in [0.717, 1.165) is 5.92 Å². The largest absolute Gasteiger partial charge is 0.306 e. The molecule has 0 saturated carbocycles. The average Bonchev–Trinajstić information content (AvgIpc) is 2.13. The molecule has 3 heteroatoms. The topological polar surface area (TPSA) is 9.72 Å². The molecular weight excluding hydrogens is 174 g/mol. The van der Waals surface area contributed by atoms with E-state index in [-0.39, 0.29) is 0 Å². The van der Waals surface area contributed by atoms with E-state index in [4.69, 9.17) is 0 Å². The van der Waals surface area contributed by atoms with Gasteiger partial charge in [0.1, 0.15) is 0 Å². The molecule has 14 heavy (non-hydrogen) atoms. The molecule has 0 aromatic heterocycles. The van der Waals surface area contributed by atoms with Crippen molar-refractivity contribution in [3.05, 3.63) is 0 Å². The molecule has 0 aromatic rings.